The molecule has 130 valence electrons. The topological polar surface area (TPSA) is 80.0 Å². The highest BCUT2D eigenvalue weighted by Crippen LogP contribution is 2.35. The summed E-state index contributed by atoms with van der Waals surface area (Å²) in [6.07, 6.45) is 0. The molecule has 1 amide bonds. The Morgan fingerprint density at radius 3 is 2.69 bits per heavy atom. The Balaban J connectivity index is 1.78. The summed E-state index contributed by atoms with van der Waals surface area (Å²) in [5, 5.41) is 5.73. The van der Waals surface area contributed by atoms with Gasteiger partial charge in [0.2, 0.25) is 0 Å². The van der Waals surface area contributed by atoms with Crippen LogP contribution in [-0.2, 0) is 0 Å². The molecule has 1 heterocycles. The van der Waals surface area contributed by atoms with Crippen molar-refractivity contribution in [3.63, 3.8) is 0 Å². The first-order valence-corrected chi connectivity index (χ1v) is 9.06. The summed E-state index contributed by atoms with van der Waals surface area (Å²) in [5.41, 5.74) is 6.91. The molecular weight excluding hydrogens is 344 g/mol. The number of nitrogens with zero attached hydrogens (tertiary/aromatic N) is 1. The van der Waals surface area contributed by atoms with Crippen molar-refractivity contribution >= 4 is 49.1 Å². The molecule has 0 unspecified atom stereocenters. The molecule has 0 atom stereocenters. The summed E-state index contributed by atoms with van der Waals surface area (Å²) in [7, 11) is 0. The van der Waals surface area contributed by atoms with Crippen LogP contribution in [0.5, 0.6) is 0 Å². The minimum atomic E-state index is -0.117. The number of nitrogens with two attached hydrogens (primary N) is 1. The average Bonchev–Trinajstić information content (AvgIpc) is 3.07. The van der Waals surface area contributed by atoms with Crippen molar-refractivity contribution in [3.05, 3.63) is 65.2 Å². The minimum absolute atomic E-state index is 0.117. The summed E-state index contributed by atoms with van der Waals surface area (Å²) in [4.78, 5) is 17.4. The summed E-state index contributed by atoms with van der Waals surface area (Å²) in [5.74, 6) is 5.36. The van der Waals surface area contributed by atoms with Crippen LogP contribution in [0.3, 0.4) is 0 Å². The van der Waals surface area contributed by atoms with Crippen LogP contribution < -0.4 is 16.6 Å². The number of hydrogen-bond donors (Lipinski definition) is 3. The maximum atomic E-state index is 13.0. The van der Waals surface area contributed by atoms with Crippen molar-refractivity contribution < 1.29 is 4.79 Å². The van der Waals surface area contributed by atoms with Gasteiger partial charge in [-0.2, -0.15) is 0 Å². The molecule has 5 nitrogen and oxygen atoms in total. The lowest BCUT2D eigenvalue weighted by Crippen LogP contribution is -2.14. The number of anilines is 2. The fraction of sp³-hybridized carbons (Fsp3) is 0.100. The number of thiazole rings is 1. The second-order valence-corrected chi connectivity index (χ2v) is 7.18. The number of aryl methyl sites for hydroxylation is 2. The molecule has 0 radical (unpaired) electrons. The molecule has 26 heavy (non-hydrogen) atoms. The predicted octanol–water partition coefficient (Wildman–Crippen LogP) is 4.60. The molecule has 0 aliphatic carbocycles. The van der Waals surface area contributed by atoms with Crippen molar-refractivity contribution in [2.75, 3.05) is 10.7 Å². The maximum absolute atomic E-state index is 13.0. The highest BCUT2D eigenvalue weighted by atomic mass is 32.1. The van der Waals surface area contributed by atoms with Gasteiger partial charge in [0.1, 0.15) is 0 Å². The Hall–Kier alpha value is -2.96. The van der Waals surface area contributed by atoms with Crippen LogP contribution in [0.25, 0.3) is 21.0 Å². The van der Waals surface area contributed by atoms with Crippen molar-refractivity contribution in [1.29, 1.82) is 0 Å². The first-order valence-electron chi connectivity index (χ1n) is 8.25. The van der Waals surface area contributed by atoms with Crippen LogP contribution in [-0.4, -0.2) is 10.9 Å². The van der Waals surface area contributed by atoms with Crippen molar-refractivity contribution in [2.24, 2.45) is 5.84 Å². The number of carbonyl (C=O) groups excluding carboxylic acids is 1. The molecule has 0 aliphatic heterocycles. The molecule has 0 spiro atoms. The van der Waals surface area contributed by atoms with Crippen LogP contribution >= 0.6 is 11.3 Å². The third kappa shape index (κ3) is 2.69. The normalized spacial score (nSPS) is 11.0. The zero-order chi connectivity index (χ0) is 18.3. The smallest absolute Gasteiger partial charge is 0.256 e. The fourth-order valence-corrected chi connectivity index (χ4v) is 4.10. The van der Waals surface area contributed by atoms with Gasteiger partial charge in [0.15, 0.2) is 5.13 Å². The van der Waals surface area contributed by atoms with Gasteiger partial charge >= 0.3 is 0 Å². The van der Waals surface area contributed by atoms with E-state index in [2.05, 4.69) is 15.7 Å². The number of fused-ring (bicyclic) bond motifs is 2. The molecule has 0 fully saturated rings. The molecule has 3 aromatic carbocycles. The first-order chi connectivity index (χ1) is 12.6. The van der Waals surface area contributed by atoms with Crippen LogP contribution in [0.4, 0.5) is 10.8 Å². The number of nitrogen functional groups attached to an aromatic ring is 1. The lowest BCUT2D eigenvalue weighted by molar-refractivity contribution is 0.102. The number of hydrazine groups is 1. The van der Waals surface area contributed by atoms with E-state index < -0.39 is 0 Å². The predicted molar refractivity (Wildman–Crippen MR) is 109 cm³/mol. The van der Waals surface area contributed by atoms with Crippen molar-refractivity contribution in [1.82, 2.24) is 4.98 Å². The fourth-order valence-electron chi connectivity index (χ4n) is 3.24. The van der Waals surface area contributed by atoms with Gasteiger partial charge in [-0.3, -0.25) is 10.2 Å². The largest absolute Gasteiger partial charge is 0.321 e. The Labute approximate surface area is 154 Å². The van der Waals surface area contributed by atoms with E-state index in [-0.39, 0.29) is 5.91 Å². The zero-order valence-corrected chi connectivity index (χ0v) is 15.3. The number of hydrogen-bond acceptors (Lipinski definition) is 5. The second-order valence-electron chi connectivity index (χ2n) is 6.19. The van der Waals surface area contributed by atoms with E-state index in [4.69, 9.17) is 5.84 Å². The van der Waals surface area contributed by atoms with E-state index in [1.54, 1.807) is 0 Å². The highest BCUT2D eigenvalue weighted by Gasteiger charge is 2.16. The van der Waals surface area contributed by atoms with Gasteiger partial charge in [0, 0.05) is 11.3 Å². The van der Waals surface area contributed by atoms with Crippen molar-refractivity contribution in [2.45, 2.75) is 13.8 Å². The molecule has 6 heteroatoms. The van der Waals surface area contributed by atoms with Gasteiger partial charge in [-0.05, 0) is 47.9 Å². The summed E-state index contributed by atoms with van der Waals surface area (Å²) in [6, 6.07) is 15.6. The summed E-state index contributed by atoms with van der Waals surface area (Å²) < 4.78 is 1.01. The molecule has 4 rings (SSSR count). The molecule has 0 bridgehead atoms. The van der Waals surface area contributed by atoms with E-state index in [9.17, 15) is 4.79 Å². The molecular formula is C20H18N4OS. The van der Waals surface area contributed by atoms with Gasteiger partial charge in [-0.15, -0.1) is 0 Å². The quantitative estimate of drug-likeness (QED) is 0.367. The van der Waals surface area contributed by atoms with Gasteiger partial charge < -0.3 is 5.32 Å². The van der Waals surface area contributed by atoms with E-state index >= 15 is 0 Å². The number of rotatable bonds is 3. The van der Waals surface area contributed by atoms with Gasteiger partial charge in [-0.1, -0.05) is 47.7 Å². The lowest BCUT2D eigenvalue weighted by atomic mass is 10.0. The standard InChI is InChI=1S/C20H18N4OS/c1-11-10-16-18(26-20(22-16)24-21)12(2)17(11)23-19(25)15-9-5-7-13-6-3-4-8-14(13)15/h3-10H,21H2,1-2H3,(H,22,24)(H,23,25). The van der Waals surface area contributed by atoms with Gasteiger partial charge in [-0.25, -0.2) is 10.8 Å². The average molecular weight is 362 g/mol. The van der Waals surface area contributed by atoms with Crippen LogP contribution in [0.15, 0.2) is 48.5 Å². The minimum Gasteiger partial charge on any atom is -0.321 e. The number of benzene rings is 3. The van der Waals surface area contributed by atoms with E-state index in [1.165, 1.54) is 11.3 Å². The van der Waals surface area contributed by atoms with E-state index in [0.29, 0.717) is 10.7 Å². The SMILES string of the molecule is Cc1cc2nc(NN)sc2c(C)c1NC(=O)c1cccc2ccccc12. The van der Waals surface area contributed by atoms with Gasteiger partial charge in [0.05, 0.1) is 10.2 Å². The van der Waals surface area contributed by atoms with Crippen LogP contribution in [0, 0.1) is 13.8 Å². The first kappa shape index (κ1) is 16.5. The Morgan fingerprint density at radius 1 is 1.12 bits per heavy atom. The number of nitrogens with one attached hydrogen (secondary N) is 2. The van der Waals surface area contributed by atoms with E-state index in [0.717, 1.165) is 37.8 Å². The molecule has 0 saturated heterocycles. The number of carbonyl (C=O) groups is 1. The Kier molecular flexibility index (Phi) is 4.06. The van der Waals surface area contributed by atoms with Crippen molar-refractivity contribution in [3.8, 4) is 0 Å². The Bertz CT molecular complexity index is 1140. The maximum Gasteiger partial charge on any atom is 0.256 e. The molecule has 0 saturated carbocycles. The number of amides is 1. The summed E-state index contributed by atoms with van der Waals surface area (Å²) in [6.45, 7) is 3.96. The molecule has 4 N–H and O–H groups in total. The summed E-state index contributed by atoms with van der Waals surface area (Å²) >= 11 is 1.47. The molecule has 4 aromatic rings. The monoisotopic (exact) mass is 362 g/mol. The second kappa shape index (κ2) is 6.40. The third-order valence-electron chi connectivity index (χ3n) is 4.51. The van der Waals surface area contributed by atoms with Gasteiger partial charge in [0.25, 0.3) is 5.91 Å². The lowest BCUT2D eigenvalue weighted by Gasteiger charge is -2.13. The zero-order valence-electron chi connectivity index (χ0n) is 14.5. The number of aromatic nitrogens is 1. The van der Waals surface area contributed by atoms with Crippen LogP contribution in [0.2, 0.25) is 0 Å². The third-order valence-corrected chi connectivity index (χ3v) is 5.63. The molecule has 1 aromatic heterocycles. The Morgan fingerprint density at radius 2 is 1.88 bits per heavy atom. The van der Waals surface area contributed by atoms with E-state index in [1.807, 2.05) is 62.4 Å². The van der Waals surface area contributed by atoms with Crippen LogP contribution in [0.1, 0.15) is 21.5 Å². The molecule has 0 aliphatic rings. The highest BCUT2D eigenvalue weighted by molar-refractivity contribution is 7.22.